The van der Waals surface area contributed by atoms with E-state index in [0.29, 0.717) is 22.8 Å². The topological polar surface area (TPSA) is 76.1 Å². The third-order valence-electron chi connectivity index (χ3n) is 3.92. The van der Waals surface area contributed by atoms with E-state index in [0.717, 1.165) is 5.56 Å². The van der Waals surface area contributed by atoms with Crippen LogP contribution in [-0.2, 0) is 0 Å². The Hall–Kier alpha value is -3.48. The molecule has 138 valence electrons. The molecule has 3 aromatic rings. The van der Waals surface area contributed by atoms with Crippen molar-refractivity contribution in [2.75, 3.05) is 10.6 Å². The molecule has 1 aromatic heterocycles. The number of amides is 2. The third-order valence-corrected chi connectivity index (χ3v) is 3.92. The Bertz CT molecular complexity index is 968. The molecular formula is C20H19FN4O2. The maximum Gasteiger partial charge on any atom is 0.323 e. The molecule has 0 unspecified atom stereocenters. The van der Waals surface area contributed by atoms with Gasteiger partial charge in [-0.1, -0.05) is 30.3 Å². The highest BCUT2D eigenvalue weighted by Gasteiger charge is 2.14. The first kappa shape index (κ1) is 18.3. The molecule has 0 bridgehead atoms. The number of urea groups is 1. The number of hydrogen-bond donors (Lipinski definition) is 2. The second-order valence-corrected chi connectivity index (χ2v) is 5.98. The summed E-state index contributed by atoms with van der Waals surface area (Å²) < 4.78 is 19.1. The van der Waals surface area contributed by atoms with Gasteiger partial charge in [0.1, 0.15) is 0 Å². The summed E-state index contributed by atoms with van der Waals surface area (Å²) in [6.07, 6.45) is 0. The van der Waals surface area contributed by atoms with Crippen LogP contribution in [0.1, 0.15) is 17.0 Å². The predicted octanol–water partition coefficient (Wildman–Crippen LogP) is 4.98. The van der Waals surface area contributed by atoms with Crippen molar-refractivity contribution in [2.45, 2.75) is 20.8 Å². The Labute approximate surface area is 156 Å². The Balaban J connectivity index is 1.76. The van der Waals surface area contributed by atoms with Gasteiger partial charge in [-0.05, 0) is 44.5 Å². The summed E-state index contributed by atoms with van der Waals surface area (Å²) in [4.78, 5) is 20.7. The van der Waals surface area contributed by atoms with E-state index in [2.05, 4.69) is 20.6 Å². The van der Waals surface area contributed by atoms with E-state index < -0.39 is 11.8 Å². The van der Waals surface area contributed by atoms with E-state index in [1.54, 1.807) is 26.0 Å². The number of benzene rings is 2. The molecule has 0 aliphatic rings. The highest BCUT2D eigenvalue weighted by Crippen LogP contribution is 2.25. The minimum Gasteiger partial charge on any atom is -0.421 e. The summed E-state index contributed by atoms with van der Waals surface area (Å²) >= 11 is 0. The number of halogens is 1. The molecule has 0 atom stereocenters. The molecule has 2 aromatic carbocycles. The van der Waals surface area contributed by atoms with Crippen molar-refractivity contribution < 1.29 is 13.9 Å². The largest absolute Gasteiger partial charge is 0.421 e. The van der Waals surface area contributed by atoms with Crippen LogP contribution >= 0.6 is 0 Å². The molecule has 0 saturated heterocycles. The van der Waals surface area contributed by atoms with Crippen LogP contribution in [0.3, 0.4) is 0 Å². The van der Waals surface area contributed by atoms with Gasteiger partial charge in [-0.15, -0.1) is 0 Å². The summed E-state index contributed by atoms with van der Waals surface area (Å²) in [5.41, 5.74) is 3.15. The van der Waals surface area contributed by atoms with Crippen LogP contribution < -0.4 is 15.4 Å². The number of nitrogens with zero attached hydrogens (tertiary/aromatic N) is 2. The first-order valence-corrected chi connectivity index (χ1v) is 8.35. The lowest BCUT2D eigenvalue weighted by atomic mass is 10.2. The van der Waals surface area contributed by atoms with Gasteiger partial charge in [0.15, 0.2) is 11.6 Å². The summed E-state index contributed by atoms with van der Waals surface area (Å²) in [6.45, 7) is 5.34. The Morgan fingerprint density at radius 2 is 1.56 bits per heavy atom. The second-order valence-electron chi connectivity index (χ2n) is 5.98. The van der Waals surface area contributed by atoms with Crippen molar-refractivity contribution in [1.82, 2.24) is 9.97 Å². The van der Waals surface area contributed by atoms with Gasteiger partial charge < -0.3 is 15.4 Å². The van der Waals surface area contributed by atoms with Gasteiger partial charge in [0.2, 0.25) is 0 Å². The van der Waals surface area contributed by atoms with Crippen LogP contribution in [0.2, 0.25) is 0 Å². The van der Waals surface area contributed by atoms with E-state index in [4.69, 9.17) is 4.74 Å². The van der Waals surface area contributed by atoms with Crippen LogP contribution in [-0.4, -0.2) is 16.0 Å². The Morgan fingerprint density at radius 1 is 0.926 bits per heavy atom. The molecule has 0 aliphatic heterocycles. The van der Waals surface area contributed by atoms with Gasteiger partial charge in [-0.25, -0.2) is 9.18 Å². The number of anilines is 2. The monoisotopic (exact) mass is 366 g/mol. The third kappa shape index (κ3) is 4.38. The number of para-hydroxylation sites is 2. The van der Waals surface area contributed by atoms with Crippen LogP contribution in [0, 0.1) is 26.6 Å². The maximum atomic E-state index is 13.7. The average Bonchev–Trinajstić information content (AvgIpc) is 2.62. The van der Waals surface area contributed by atoms with E-state index >= 15 is 0 Å². The molecular weight excluding hydrogens is 347 g/mol. The fourth-order valence-corrected chi connectivity index (χ4v) is 2.52. The van der Waals surface area contributed by atoms with Gasteiger partial charge in [0.25, 0.3) is 0 Å². The summed E-state index contributed by atoms with van der Waals surface area (Å²) in [5.74, 6) is -0.467. The molecule has 6 nitrogen and oxygen atoms in total. The van der Waals surface area contributed by atoms with Gasteiger partial charge in [0, 0.05) is 5.69 Å². The maximum absolute atomic E-state index is 13.7. The minimum absolute atomic E-state index is 0.0139. The average molecular weight is 366 g/mol. The summed E-state index contributed by atoms with van der Waals surface area (Å²) in [7, 11) is 0. The Morgan fingerprint density at radius 3 is 2.22 bits per heavy atom. The predicted molar refractivity (Wildman–Crippen MR) is 102 cm³/mol. The lowest BCUT2D eigenvalue weighted by molar-refractivity contribution is 0.262. The second kappa shape index (κ2) is 7.82. The molecule has 2 amide bonds. The van der Waals surface area contributed by atoms with Crippen LogP contribution in [0.25, 0.3) is 0 Å². The molecule has 2 N–H and O–H groups in total. The van der Waals surface area contributed by atoms with Crippen molar-refractivity contribution in [3.63, 3.8) is 0 Å². The number of aryl methyl sites for hydroxylation is 3. The number of aromatic nitrogens is 2. The number of rotatable bonds is 4. The van der Waals surface area contributed by atoms with E-state index in [9.17, 15) is 9.18 Å². The number of hydrogen-bond acceptors (Lipinski definition) is 4. The van der Waals surface area contributed by atoms with E-state index in [-0.39, 0.29) is 11.8 Å². The van der Waals surface area contributed by atoms with Crippen LogP contribution in [0.15, 0.2) is 48.5 Å². The molecule has 1 heterocycles. The highest BCUT2D eigenvalue weighted by atomic mass is 19.1. The van der Waals surface area contributed by atoms with Crippen LogP contribution in [0.4, 0.5) is 20.6 Å². The van der Waals surface area contributed by atoms with Crippen LogP contribution in [0.5, 0.6) is 11.8 Å². The standard InChI is InChI=1S/C20H19FN4O2/c1-12-8-4-6-10-16(12)24-19(26)25-18-13(2)22-20(23-14(18)3)27-17-11-7-5-9-15(17)21/h4-11H,1-3H3,(H2,24,25,26). The Kier molecular flexibility index (Phi) is 5.30. The first-order chi connectivity index (χ1) is 12.9. The number of carbonyl (C=O) groups excluding carboxylic acids is 1. The lowest BCUT2D eigenvalue weighted by Crippen LogP contribution is -2.21. The van der Waals surface area contributed by atoms with Gasteiger partial charge in [-0.3, -0.25) is 0 Å². The fraction of sp³-hybridized carbons (Fsp3) is 0.150. The van der Waals surface area contributed by atoms with Gasteiger partial charge in [0.05, 0.1) is 17.1 Å². The molecule has 0 fully saturated rings. The van der Waals surface area contributed by atoms with Gasteiger partial charge >= 0.3 is 12.0 Å². The van der Waals surface area contributed by atoms with E-state index in [1.165, 1.54) is 12.1 Å². The summed E-state index contributed by atoms with van der Waals surface area (Å²) in [6, 6.07) is 13.1. The summed E-state index contributed by atoms with van der Waals surface area (Å²) in [5, 5.41) is 5.54. The normalized spacial score (nSPS) is 10.4. The van der Waals surface area contributed by atoms with Crippen molar-refractivity contribution in [3.05, 3.63) is 71.3 Å². The number of nitrogens with one attached hydrogen (secondary N) is 2. The van der Waals surface area contributed by atoms with Gasteiger partial charge in [-0.2, -0.15) is 9.97 Å². The molecule has 7 heteroatoms. The molecule has 27 heavy (non-hydrogen) atoms. The quantitative estimate of drug-likeness (QED) is 0.683. The molecule has 0 saturated carbocycles. The van der Waals surface area contributed by atoms with Crippen molar-refractivity contribution in [1.29, 1.82) is 0 Å². The molecule has 0 radical (unpaired) electrons. The lowest BCUT2D eigenvalue weighted by Gasteiger charge is -2.14. The zero-order chi connectivity index (χ0) is 19.4. The van der Waals surface area contributed by atoms with Crippen molar-refractivity contribution >= 4 is 17.4 Å². The number of carbonyl (C=O) groups is 1. The molecule has 0 spiro atoms. The zero-order valence-electron chi connectivity index (χ0n) is 15.2. The highest BCUT2D eigenvalue weighted by molar-refractivity contribution is 6.00. The zero-order valence-corrected chi connectivity index (χ0v) is 15.2. The molecule has 0 aliphatic carbocycles. The fourth-order valence-electron chi connectivity index (χ4n) is 2.52. The molecule has 3 rings (SSSR count). The number of ether oxygens (including phenoxy) is 1. The minimum atomic E-state index is -0.504. The van der Waals surface area contributed by atoms with Crippen molar-refractivity contribution in [3.8, 4) is 11.8 Å². The first-order valence-electron chi connectivity index (χ1n) is 8.35. The van der Waals surface area contributed by atoms with E-state index in [1.807, 2.05) is 31.2 Å². The smallest absolute Gasteiger partial charge is 0.323 e. The van der Waals surface area contributed by atoms with Crippen molar-refractivity contribution in [2.24, 2.45) is 0 Å². The SMILES string of the molecule is Cc1ccccc1NC(=O)Nc1c(C)nc(Oc2ccccc2F)nc1C.